The number of imide groups is 1. The number of aliphatic carboxylic acids is 1. The van der Waals surface area contributed by atoms with Gasteiger partial charge in [0.2, 0.25) is 5.91 Å². The van der Waals surface area contributed by atoms with Gasteiger partial charge in [0.15, 0.2) is 0 Å². The van der Waals surface area contributed by atoms with E-state index in [2.05, 4.69) is 5.32 Å². The average molecular weight is 366 g/mol. The molecule has 0 saturated heterocycles. The van der Waals surface area contributed by atoms with E-state index in [9.17, 15) is 24.3 Å². The number of rotatable bonds is 5. The van der Waals surface area contributed by atoms with Crippen LogP contribution in [0.3, 0.4) is 0 Å². The van der Waals surface area contributed by atoms with Crippen LogP contribution in [-0.4, -0.2) is 40.7 Å². The Balaban J connectivity index is 1.81. The second-order valence-electron chi connectivity index (χ2n) is 6.66. The number of nitrogens with one attached hydrogen (secondary N) is 1. The van der Waals surface area contributed by atoms with Crippen LogP contribution in [0.15, 0.2) is 48.5 Å². The van der Waals surface area contributed by atoms with Gasteiger partial charge in [0, 0.05) is 19.2 Å². The van der Waals surface area contributed by atoms with E-state index in [4.69, 9.17) is 0 Å². The Bertz CT molecular complexity index is 954. The highest BCUT2D eigenvalue weighted by molar-refractivity contribution is 6.21. The molecule has 1 aliphatic heterocycles. The summed E-state index contributed by atoms with van der Waals surface area (Å²) in [7, 11) is 1.39. The molecule has 2 aromatic rings. The van der Waals surface area contributed by atoms with E-state index in [1.165, 1.54) is 32.2 Å². The number of carboxylic acids is 1. The molecule has 1 atom stereocenters. The lowest BCUT2D eigenvalue weighted by Crippen LogP contribution is -2.36. The van der Waals surface area contributed by atoms with Crippen molar-refractivity contribution >= 4 is 29.4 Å². The van der Waals surface area contributed by atoms with Crippen molar-refractivity contribution in [2.45, 2.75) is 18.8 Å². The molecule has 0 aliphatic carbocycles. The highest BCUT2D eigenvalue weighted by atomic mass is 16.4. The summed E-state index contributed by atoms with van der Waals surface area (Å²) in [6.45, 7) is 1.49. The van der Waals surface area contributed by atoms with Crippen molar-refractivity contribution in [1.29, 1.82) is 0 Å². The van der Waals surface area contributed by atoms with Gasteiger partial charge >= 0.3 is 5.97 Å². The maximum atomic E-state index is 12.5. The average Bonchev–Trinajstić information content (AvgIpc) is 2.86. The van der Waals surface area contributed by atoms with Crippen molar-refractivity contribution in [3.63, 3.8) is 0 Å². The van der Waals surface area contributed by atoms with E-state index in [0.29, 0.717) is 11.3 Å². The molecule has 2 aromatic carbocycles. The zero-order chi connectivity index (χ0) is 19.8. The quantitative estimate of drug-likeness (QED) is 0.790. The van der Waals surface area contributed by atoms with Crippen LogP contribution in [0.4, 0.5) is 5.69 Å². The number of hydrogen-bond donors (Lipinski definition) is 2. The maximum absolute atomic E-state index is 12.5. The minimum atomic E-state index is -1.39. The van der Waals surface area contributed by atoms with Crippen LogP contribution in [0, 0.1) is 0 Å². The maximum Gasteiger partial charge on any atom is 0.314 e. The van der Waals surface area contributed by atoms with Crippen molar-refractivity contribution in [2.24, 2.45) is 0 Å². The molecule has 0 fully saturated rings. The van der Waals surface area contributed by atoms with Gasteiger partial charge in [0.05, 0.1) is 16.5 Å². The van der Waals surface area contributed by atoms with Gasteiger partial charge in [-0.05, 0) is 30.7 Å². The first-order valence-corrected chi connectivity index (χ1v) is 8.29. The van der Waals surface area contributed by atoms with Crippen LogP contribution in [0.25, 0.3) is 0 Å². The number of carbonyl (C=O) groups is 4. The molecule has 0 bridgehead atoms. The first-order chi connectivity index (χ1) is 12.7. The Morgan fingerprint density at radius 2 is 1.67 bits per heavy atom. The molecular formula is C20H18N2O5. The lowest BCUT2D eigenvalue weighted by atomic mass is 9.79. The molecule has 1 aliphatic rings. The van der Waals surface area contributed by atoms with Gasteiger partial charge in [0.1, 0.15) is 0 Å². The lowest BCUT2D eigenvalue weighted by Gasteiger charge is -2.24. The fraction of sp³-hybridized carbons (Fsp3) is 0.200. The monoisotopic (exact) mass is 366 g/mol. The van der Waals surface area contributed by atoms with E-state index < -0.39 is 29.1 Å². The Hall–Kier alpha value is -3.48. The smallest absolute Gasteiger partial charge is 0.314 e. The highest BCUT2D eigenvalue weighted by Crippen LogP contribution is 2.29. The number of fused-ring (bicyclic) bond motifs is 1. The first-order valence-electron chi connectivity index (χ1n) is 8.29. The summed E-state index contributed by atoms with van der Waals surface area (Å²) in [5.74, 6) is -2.45. The second kappa shape index (κ2) is 6.68. The van der Waals surface area contributed by atoms with Crippen LogP contribution in [-0.2, 0) is 15.0 Å². The molecule has 1 heterocycles. The summed E-state index contributed by atoms with van der Waals surface area (Å²) < 4.78 is 0. The number of amides is 3. The molecule has 27 heavy (non-hydrogen) atoms. The number of carboxylic acid groups (broad SMARTS) is 1. The van der Waals surface area contributed by atoms with E-state index in [-0.39, 0.29) is 17.5 Å². The van der Waals surface area contributed by atoms with Crippen LogP contribution in [0.1, 0.15) is 39.6 Å². The largest absolute Gasteiger partial charge is 0.481 e. The topological polar surface area (TPSA) is 104 Å². The highest BCUT2D eigenvalue weighted by Gasteiger charge is 2.38. The normalized spacial score (nSPS) is 15.3. The number of nitrogens with zero attached hydrogens (tertiary/aromatic N) is 1. The summed E-state index contributed by atoms with van der Waals surface area (Å²) in [5, 5.41) is 12.3. The molecule has 0 saturated carbocycles. The number of benzene rings is 2. The Morgan fingerprint density at radius 1 is 1.04 bits per heavy atom. The van der Waals surface area contributed by atoms with Crippen molar-refractivity contribution < 1.29 is 24.3 Å². The third-order valence-electron chi connectivity index (χ3n) is 4.77. The van der Waals surface area contributed by atoms with Gasteiger partial charge in [-0.3, -0.25) is 24.1 Å². The molecule has 0 aromatic heterocycles. The number of hydrogen-bond acceptors (Lipinski definition) is 4. The molecule has 2 N–H and O–H groups in total. The molecular weight excluding hydrogens is 348 g/mol. The van der Waals surface area contributed by atoms with E-state index in [1.54, 1.807) is 30.3 Å². The second-order valence-corrected chi connectivity index (χ2v) is 6.66. The summed E-state index contributed by atoms with van der Waals surface area (Å²) in [5.41, 5.74) is -0.0573. The Labute approximate surface area is 155 Å². The molecule has 0 spiro atoms. The van der Waals surface area contributed by atoms with Crippen LogP contribution in [0.5, 0.6) is 0 Å². The molecule has 138 valence electrons. The van der Waals surface area contributed by atoms with Crippen molar-refractivity contribution in [2.75, 3.05) is 12.4 Å². The lowest BCUT2D eigenvalue weighted by molar-refractivity contribution is -0.145. The summed E-state index contributed by atoms with van der Waals surface area (Å²) in [6.07, 6.45) is -0.282. The standard InChI is InChI=1S/C20H18N2O5/c1-20(19(26)27,12-6-4-3-5-7-12)11-16(23)21-13-8-9-14-15(10-13)18(25)22(2)17(14)24/h3-10H,11H2,1-2H3,(H,21,23)(H,26,27). The number of carbonyl (C=O) groups excluding carboxylic acids is 3. The van der Waals surface area contributed by atoms with E-state index in [0.717, 1.165) is 4.90 Å². The van der Waals surface area contributed by atoms with Gasteiger partial charge in [-0.25, -0.2) is 0 Å². The van der Waals surface area contributed by atoms with Crippen LogP contribution >= 0.6 is 0 Å². The summed E-state index contributed by atoms with van der Waals surface area (Å²) in [6, 6.07) is 12.9. The first kappa shape index (κ1) is 18.3. The van der Waals surface area contributed by atoms with Crippen LogP contribution < -0.4 is 5.32 Å². The fourth-order valence-electron chi connectivity index (χ4n) is 3.07. The third-order valence-corrected chi connectivity index (χ3v) is 4.77. The molecule has 3 amide bonds. The number of anilines is 1. The molecule has 3 rings (SSSR count). The van der Waals surface area contributed by atoms with Crippen molar-refractivity contribution in [3.8, 4) is 0 Å². The minimum absolute atomic E-state index is 0.212. The molecule has 1 unspecified atom stereocenters. The van der Waals surface area contributed by atoms with Gasteiger partial charge in [-0.1, -0.05) is 30.3 Å². The van der Waals surface area contributed by atoms with Crippen LogP contribution in [0.2, 0.25) is 0 Å². The van der Waals surface area contributed by atoms with Gasteiger partial charge in [-0.2, -0.15) is 0 Å². The zero-order valence-electron chi connectivity index (χ0n) is 14.9. The fourth-order valence-corrected chi connectivity index (χ4v) is 3.07. The molecule has 7 heteroatoms. The van der Waals surface area contributed by atoms with Crippen molar-refractivity contribution in [3.05, 3.63) is 65.2 Å². The van der Waals surface area contributed by atoms with E-state index >= 15 is 0 Å². The molecule has 7 nitrogen and oxygen atoms in total. The SMILES string of the molecule is CN1C(=O)c2ccc(NC(=O)CC(C)(C(=O)O)c3ccccc3)cc2C1=O. The van der Waals surface area contributed by atoms with Gasteiger partial charge < -0.3 is 10.4 Å². The Kier molecular flexibility index (Phi) is 4.53. The predicted octanol–water partition coefficient (Wildman–Crippen LogP) is 2.28. The molecule has 0 radical (unpaired) electrons. The Morgan fingerprint density at radius 3 is 2.30 bits per heavy atom. The van der Waals surface area contributed by atoms with Crippen molar-refractivity contribution in [1.82, 2.24) is 4.90 Å². The third kappa shape index (κ3) is 3.19. The zero-order valence-corrected chi connectivity index (χ0v) is 14.9. The predicted molar refractivity (Wildman–Crippen MR) is 97.5 cm³/mol. The summed E-state index contributed by atoms with van der Waals surface area (Å²) in [4.78, 5) is 49.3. The van der Waals surface area contributed by atoms with Gasteiger partial charge in [0.25, 0.3) is 11.8 Å². The summed E-state index contributed by atoms with van der Waals surface area (Å²) >= 11 is 0. The van der Waals surface area contributed by atoms with E-state index in [1.807, 2.05) is 0 Å². The minimum Gasteiger partial charge on any atom is -0.481 e. The van der Waals surface area contributed by atoms with Gasteiger partial charge in [-0.15, -0.1) is 0 Å².